The van der Waals surface area contributed by atoms with Gasteiger partial charge in [0, 0.05) is 31.3 Å². The van der Waals surface area contributed by atoms with Crippen LogP contribution in [0.4, 0.5) is 5.69 Å². The van der Waals surface area contributed by atoms with Gasteiger partial charge < -0.3 is 14.5 Å². The van der Waals surface area contributed by atoms with Gasteiger partial charge in [-0.15, -0.1) is 6.58 Å². The molecule has 4 rings (SSSR count). The first-order valence-electron chi connectivity index (χ1n) is 9.96. The first-order chi connectivity index (χ1) is 15.0. The number of amides is 2. The molecule has 2 aliphatic heterocycles. The number of ether oxygens (including phenoxy) is 1. The Morgan fingerprint density at radius 3 is 2.45 bits per heavy atom. The molecule has 2 heterocycles. The van der Waals surface area contributed by atoms with Gasteiger partial charge in [0.1, 0.15) is 5.92 Å². The third-order valence-corrected chi connectivity index (χ3v) is 5.89. The van der Waals surface area contributed by atoms with Crippen LogP contribution in [0.25, 0.3) is 0 Å². The highest BCUT2D eigenvalue weighted by atomic mass is 16.5. The van der Waals surface area contributed by atoms with Crippen molar-refractivity contribution in [2.24, 2.45) is 5.92 Å². The van der Waals surface area contributed by atoms with Crippen molar-refractivity contribution in [3.63, 3.8) is 0 Å². The van der Waals surface area contributed by atoms with E-state index in [2.05, 4.69) is 6.58 Å². The summed E-state index contributed by atoms with van der Waals surface area (Å²) >= 11 is 0. The summed E-state index contributed by atoms with van der Waals surface area (Å²) in [5, 5.41) is 0. The molecular weight excluding hydrogens is 396 g/mol. The fourth-order valence-corrected chi connectivity index (χ4v) is 4.61. The Morgan fingerprint density at radius 2 is 1.77 bits per heavy atom. The van der Waals surface area contributed by atoms with Gasteiger partial charge in [0.05, 0.1) is 12.3 Å². The van der Waals surface area contributed by atoms with E-state index in [1.54, 1.807) is 60.7 Å². The van der Waals surface area contributed by atoms with Crippen molar-refractivity contribution >= 4 is 29.1 Å². The average Bonchev–Trinajstić information content (AvgIpc) is 3.17. The molecule has 0 radical (unpaired) electrons. The van der Waals surface area contributed by atoms with Crippen LogP contribution in [0, 0.1) is 5.92 Å². The van der Waals surface area contributed by atoms with Crippen LogP contribution in [0.3, 0.4) is 0 Å². The summed E-state index contributed by atoms with van der Waals surface area (Å²) in [5.74, 6) is -4.26. The van der Waals surface area contributed by atoms with Gasteiger partial charge in [-0.25, -0.2) is 0 Å². The third-order valence-electron chi connectivity index (χ3n) is 5.89. The number of anilines is 1. The van der Waals surface area contributed by atoms with Gasteiger partial charge in [0.2, 0.25) is 5.78 Å². The van der Waals surface area contributed by atoms with Crippen molar-refractivity contribution in [1.82, 2.24) is 4.90 Å². The zero-order valence-corrected chi connectivity index (χ0v) is 17.1. The molecule has 31 heavy (non-hydrogen) atoms. The first kappa shape index (κ1) is 20.7. The van der Waals surface area contributed by atoms with Crippen LogP contribution in [0.1, 0.15) is 15.9 Å². The summed E-state index contributed by atoms with van der Waals surface area (Å²) < 4.78 is 5.14. The normalized spacial score (nSPS) is 22.4. The maximum Gasteiger partial charge on any atom is 0.292 e. The number of benzene rings is 2. The fraction of sp³-hybridized carbons (Fsp3) is 0.250. The van der Waals surface area contributed by atoms with Crippen molar-refractivity contribution in [2.75, 3.05) is 31.7 Å². The number of likely N-dealkylation sites (tertiary alicyclic amines) is 1. The third kappa shape index (κ3) is 2.84. The van der Waals surface area contributed by atoms with Crippen LogP contribution in [-0.2, 0) is 24.7 Å². The Hall–Kier alpha value is -3.58. The van der Waals surface area contributed by atoms with Crippen LogP contribution >= 0.6 is 0 Å². The van der Waals surface area contributed by atoms with Crippen LogP contribution in [-0.4, -0.2) is 55.1 Å². The highest BCUT2D eigenvalue weighted by Gasteiger charge is 2.70. The topological polar surface area (TPSA) is 84.0 Å². The van der Waals surface area contributed by atoms with Gasteiger partial charge in [-0.2, -0.15) is 0 Å². The molecule has 2 amide bonds. The van der Waals surface area contributed by atoms with Crippen LogP contribution in [0.15, 0.2) is 67.3 Å². The number of hydrogen-bond donors (Lipinski definition) is 0. The summed E-state index contributed by atoms with van der Waals surface area (Å²) in [6.07, 6.45) is 1.57. The fourth-order valence-electron chi connectivity index (χ4n) is 4.61. The predicted molar refractivity (Wildman–Crippen MR) is 114 cm³/mol. The quantitative estimate of drug-likeness (QED) is 0.297. The number of carbonyl (C=O) groups is 4. The predicted octanol–water partition coefficient (Wildman–Crippen LogP) is 1.97. The second-order valence-corrected chi connectivity index (χ2v) is 7.47. The minimum Gasteiger partial charge on any atom is -0.383 e. The number of nitrogens with zero attached hydrogens (tertiary/aromatic N) is 2. The van der Waals surface area contributed by atoms with E-state index in [0.717, 1.165) is 0 Å². The minimum atomic E-state index is -1.75. The summed E-state index contributed by atoms with van der Waals surface area (Å²) in [6, 6.07) is 15.2. The maximum atomic E-state index is 13.9. The molecule has 0 saturated carbocycles. The van der Waals surface area contributed by atoms with Crippen molar-refractivity contribution < 1.29 is 23.9 Å². The van der Waals surface area contributed by atoms with Crippen molar-refractivity contribution in [1.29, 1.82) is 0 Å². The Kier molecular flexibility index (Phi) is 5.29. The molecule has 2 aromatic carbocycles. The molecular formula is C24H22N2O5. The second kappa shape index (κ2) is 7.92. The molecule has 7 nitrogen and oxygen atoms in total. The molecule has 2 aliphatic rings. The van der Waals surface area contributed by atoms with E-state index in [0.29, 0.717) is 11.3 Å². The molecule has 0 N–H and O–H groups in total. The monoisotopic (exact) mass is 418 g/mol. The van der Waals surface area contributed by atoms with Gasteiger partial charge in [0.25, 0.3) is 11.8 Å². The Bertz CT molecular complexity index is 1080. The molecule has 2 atom stereocenters. The summed E-state index contributed by atoms with van der Waals surface area (Å²) in [5.41, 5.74) is -0.456. The van der Waals surface area contributed by atoms with E-state index in [1.807, 2.05) is 0 Å². The Balaban J connectivity index is 1.98. The molecule has 1 spiro atoms. The number of methoxy groups -OCH3 is 1. The number of carbonyl (C=O) groups excluding carboxylic acids is 4. The smallest absolute Gasteiger partial charge is 0.292 e. The van der Waals surface area contributed by atoms with Gasteiger partial charge in [-0.05, 0) is 6.07 Å². The molecule has 0 bridgehead atoms. The highest BCUT2D eigenvalue weighted by molar-refractivity contribution is 6.46. The van der Waals surface area contributed by atoms with Gasteiger partial charge in [-0.3, -0.25) is 19.2 Å². The molecule has 158 valence electrons. The maximum absolute atomic E-state index is 13.9. The molecule has 2 unspecified atom stereocenters. The lowest BCUT2D eigenvalue weighted by atomic mass is 9.75. The van der Waals surface area contributed by atoms with E-state index < -0.39 is 34.8 Å². The van der Waals surface area contributed by atoms with Crippen LogP contribution in [0.2, 0.25) is 0 Å². The number of Topliss-reactive ketones (excluding diaryl/α,β-unsaturated/α-hetero) is 2. The average molecular weight is 418 g/mol. The zero-order chi connectivity index (χ0) is 22.2. The summed E-state index contributed by atoms with van der Waals surface area (Å²) in [7, 11) is 1.47. The molecule has 0 aromatic heterocycles. The Morgan fingerprint density at radius 1 is 1.10 bits per heavy atom. The molecule has 0 aliphatic carbocycles. The molecule has 1 fully saturated rings. The standard InChI is InChI=1S/C24H22N2O5/c1-3-13-25-18-12-8-7-11-17(18)24(23(25)30)19(20(27)16-9-5-4-6-10-16)21(28)22(29)26(24)14-15-31-2/h3-12,19H,1,13-15H2,2H3. The van der Waals surface area contributed by atoms with Crippen LogP contribution < -0.4 is 4.90 Å². The summed E-state index contributed by atoms with van der Waals surface area (Å²) in [4.78, 5) is 56.5. The van der Waals surface area contributed by atoms with Gasteiger partial charge in [0.15, 0.2) is 11.3 Å². The van der Waals surface area contributed by atoms with E-state index in [4.69, 9.17) is 4.74 Å². The number of rotatable bonds is 7. The van der Waals surface area contributed by atoms with Crippen molar-refractivity contribution in [3.8, 4) is 0 Å². The van der Waals surface area contributed by atoms with Crippen LogP contribution in [0.5, 0.6) is 0 Å². The first-order valence-corrected chi connectivity index (χ1v) is 9.96. The largest absolute Gasteiger partial charge is 0.383 e. The lowest BCUT2D eigenvalue weighted by Crippen LogP contribution is -2.56. The van der Waals surface area contributed by atoms with E-state index >= 15 is 0 Å². The molecule has 2 aromatic rings. The number of para-hydroxylation sites is 1. The van der Waals surface area contributed by atoms with Gasteiger partial charge in [-0.1, -0.05) is 54.6 Å². The number of fused-ring (bicyclic) bond motifs is 2. The lowest BCUT2D eigenvalue weighted by molar-refractivity contribution is -0.144. The molecule has 7 heteroatoms. The number of ketones is 2. The Labute approximate surface area is 179 Å². The SMILES string of the molecule is C=CCN1C(=O)C2(c3ccccc31)C(C(=O)c1ccccc1)C(=O)C(=O)N2CCOC. The molecule has 1 saturated heterocycles. The lowest BCUT2D eigenvalue weighted by Gasteiger charge is -2.36. The highest BCUT2D eigenvalue weighted by Crippen LogP contribution is 2.52. The van der Waals surface area contributed by atoms with E-state index in [-0.39, 0.29) is 25.3 Å². The number of hydrogen-bond acceptors (Lipinski definition) is 5. The van der Waals surface area contributed by atoms with E-state index in [1.165, 1.54) is 16.9 Å². The van der Waals surface area contributed by atoms with E-state index in [9.17, 15) is 19.2 Å². The minimum absolute atomic E-state index is 0.00163. The van der Waals surface area contributed by atoms with Crippen molar-refractivity contribution in [2.45, 2.75) is 5.54 Å². The van der Waals surface area contributed by atoms with Crippen molar-refractivity contribution in [3.05, 3.63) is 78.4 Å². The zero-order valence-electron chi connectivity index (χ0n) is 17.1. The second-order valence-electron chi connectivity index (χ2n) is 7.47. The van der Waals surface area contributed by atoms with Gasteiger partial charge >= 0.3 is 0 Å². The summed E-state index contributed by atoms with van der Waals surface area (Å²) in [6.45, 7) is 4.02.